The summed E-state index contributed by atoms with van der Waals surface area (Å²) in [4.78, 5) is 16.8. The number of fused-ring (bicyclic) bond motifs is 1. The number of aryl methyl sites for hydroxylation is 1. The number of nitrogens with one attached hydrogen (secondary N) is 2. The Morgan fingerprint density at radius 3 is 2.74 bits per heavy atom. The summed E-state index contributed by atoms with van der Waals surface area (Å²) in [6, 6.07) is 3.68. The zero-order chi connectivity index (χ0) is 13.2. The van der Waals surface area contributed by atoms with Gasteiger partial charge in [-0.25, -0.2) is 10.8 Å². The van der Waals surface area contributed by atoms with Gasteiger partial charge in [0, 0.05) is 25.1 Å². The summed E-state index contributed by atoms with van der Waals surface area (Å²) in [5, 5.41) is 3.17. The summed E-state index contributed by atoms with van der Waals surface area (Å²) in [5.74, 6) is 6.29. The fraction of sp³-hybridized carbons (Fsp3) is 0.0909. The van der Waals surface area contributed by atoms with Crippen molar-refractivity contribution >= 4 is 28.6 Å². The number of imidazole rings is 1. The summed E-state index contributed by atoms with van der Waals surface area (Å²) in [7, 11) is 1.86. The SMILES string of the molecule is Cn1cnc2c(Nc3ccncc3)nc(NN)nc21. The minimum absolute atomic E-state index is 0.327. The first-order valence-corrected chi connectivity index (χ1v) is 5.60. The highest BCUT2D eigenvalue weighted by molar-refractivity contribution is 5.86. The quantitative estimate of drug-likeness (QED) is 0.469. The monoisotopic (exact) mass is 256 g/mol. The molecule has 19 heavy (non-hydrogen) atoms. The van der Waals surface area contributed by atoms with E-state index in [4.69, 9.17) is 5.84 Å². The van der Waals surface area contributed by atoms with Crippen molar-refractivity contribution in [2.24, 2.45) is 12.9 Å². The molecule has 0 atom stereocenters. The Labute approximate surface area is 108 Å². The van der Waals surface area contributed by atoms with E-state index >= 15 is 0 Å². The average Bonchev–Trinajstić information content (AvgIpc) is 2.82. The number of hydrazine groups is 1. The van der Waals surface area contributed by atoms with Gasteiger partial charge in [0.05, 0.1) is 6.33 Å². The lowest BCUT2D eigenvalue weighted by atomic mass is 10.4. The van der Waals surface area contributed by atoms with Crippen LogP contribution in [0.15, 0.2) is 30.9 Å². The second-order valence-electron chi connectivity index (χ2n) is 3.93. The van der Waals surface area contributed by atoms with Gasteiger partial charge in [-0.1, -0.05) is 0 Å². The predicted octanol–water partition coefficient (Wildman–Crippen LogP) is 0.787. The second kappa shape index (κ2) is 4.50. The molecule has 0 amide bonds. The van der Waals surface area contributed by atoms with Crippen molar-refractivity contribution in [2.45, 2.75) is 0 Å². The van der Waals surface area contributed by atoms with Crippen molar-refractivity contribution in [3.63, 3.8) is 0 Å². The first-order valence-electron chi connectivity index (χ1n) is 5.60. The fourth-order valence-corrected chi connectivity index (χ4v) is 1.73. The molecule has 0 saturated carbocycles. The fourth-order valence-electron chi connectivity index (χ4n) is 1.73. The number of nitrogens with two attached hydrogens (primary N) is 1. The molecule has 8 heteroatoms. The zero-order valence-electron chi connectivity index (χ0n) is 10.2. The molecule has 0 aromatic carbocycles. The summed E-state index contributed by atoms with van der Waals surface area (Å²) >= 11 is 0. The highest BCUT2D eigenvalue weighted by atomic mass is 15.3. The van der Waals surface area contributed by atoms with Crippen LogP contribution in [0.5, 0.6) is 0 Å². The molecule has 3 heterocycles. The maximum absolute atomic E-state index is 5.38. The molecule has 3 aromatic rings. The second-order valence-corrected chi connectivity index (χ2v) is 3.93. The molecule has 96 valence electrons. The molecule has 0 bridgehead atoms. The summed E-state index contributed by atoms with van der Waals surface area (Å²) < 4.78 is 1.80. The molecule has 8 nitrogen and oxygen atoms in total. The molecular formula is C11H12N8. The number of rotatable bonds is 3. The third-order valence-corrected chi connectivity index (χ3v) is 2.63. The Morgan fingerprint density at radius 1 is 1.21 bits per heavy atom. The smallest absolute Gasteiger partial charge is 0.241 e. The number of aromatic nitrogens is 5. The molecule has 0 aliphatic rings. The number of hydrogen-bond acceptors (Lipinski definition) is 7. The maximum atomic E-state index is 5.38. The van der Waals surface area contributed by atoms with Crippen LogP contribution in [0.1, 0.15) is 0 Å². The molecule has 0 fully saturated rings. The molecule has 0 saturated heterocycles. The van der Waals surface area contributed by atoms with Crippen LogP contribution in [0.3, 0.4) is 0 Å². The van der Waals surface area contributed by atoms with Crippen molar-refractivity contribution in [2.75, 3.05) is 10.7 Å². The molecule has 4 N–H and O–H groups in total. The van der Waals surface area contributed by atoms with Crippen molar-refractivity contribution in [3.8, 4) is 0 Å². The first kappa shape index (κ1) is 11.4. The summed E-state index contributed by atoms with van der Waals surface area (Å²) in [6.07, 6.45) is 5.07. The minimum atomic E-state index is 0.327. The molecule has 0 spiro atoms. The van der Waals surface area contributed by atoms with E-state index in [9.17, 15) is 0 Å². The van der Waals surface area contributed by atoms with Crippen molar-refractivity contribution < 1.29 is 0 Å². The highest BCUT2D eigenvalue weighted by Crippen LogP contribution is 2.23. The Kier molecular flexibility index (Phi) is 2.69. The van der Waals surface area contributed by atoms with Crippen LogP contribution in [-0.2, 0) is 7.05 Å². The highest BCUT2D eigenvalue weighted by Gasteiger charge is 2.11. The van der Waals surface area contributed by atoms with Crippen molar-refractivity contribution in [1.82, 2.24) is 24.5 Å². The Balaban J connectivity index is 2.11. The number of nitrogen functional groups attached to an aromatic ring is 1. The van der Waals surface area contributed by atoms with Gasteiger partial charge in [-0.05, 0) is 12.1 Å². The third-order valence-electron chi connectivity index (χ3n) is 2.63. The molecule has 3 rings (SSSR count). The minimum Gasteiger partial charge on any atom is -0.338 e. The number of pyridine rings is 1. The summed E-state index contributed by atoms with van der Waals surface area (Å²) in [6.45, 7) is 0. The first-order chi connectivity index (χ1) is 9.28. The number of anilines is 3. The molecule has 0 aliphatic carbocycles. The van der Waals surface area contributed by atoms with Gasteiger partial charge >= 0.3 is 0 Å². The van der Waals surface area contributed by atoms with Crippen LogP contribution in [0.25, 0.3) is 11.2 Å². The van der Waals surface area contributed by atoms with Gasteiger partial charge in [0.15, 0.2) is 17.0 Å². The van der Waals surface area contributed by atoms with Gasteiger partial charge < -0.3 is 9.88 Å². The van der Waals surface area contributed by atoms with Crippen LogP contribution < -0.4 is 16.6 Å². The zero-order valence-corrected chi connectivity index (χ0v) is 10.2. The van der Waals surface area contributed by atoms with Crippen LogP contribution in [0, 0.1) is 0 Å². The van der Waals surface area contributed by atoms with Crippen molar-refractivity contribution in [3.05, 3.63) is 30.9 Å². The van der Waals surface area contributed by atoms with Crippen LogP contribution in [0.4, 0.5) is 17.5 Å². The summed E-state index contributed by atoms with van der Waals surface area (Å²) in [5.41, 5.74) is 4.68. The predicted molar refractivity (Wildman–Crippen MR) is 71.6 cm³/mol. The Bertz CT molecular complexity index is 705. The van der Waals surface area contributed by atoms with E-state index in [0.29, 0.717) is 22.9 Å². The lowest BCUT2D eigenvalue weighted by molar-refractivity contribution is 0.928. The largest absolute Gasteiger partial charge is 0.338 e. The molecular weight excluding hydrogens is 244 g/mol. The Morgan fingerprint density at radius 2 is 2.00 bits per heavy atom. The van der Waals surface area contributed by atoms with E-state index in [0.717, 1.165) is 5.69 Å². The maximum Gasteiger partial charge on any atom is 0.241 e. The van der Waals surface area contributed by atoms with Gasteiger partial charge in [0.1, 0.15) is 0 Å². The van der Waals surface area contributed by atoms with E-state index in [-0.39, 0.29) is 0 Å². The van der Waals surface area contributed by atoms with Gasteiger partial charge in [-0.15, -0.1) is 0 Å². The van der Waals surface area contributed by atoms with E-state index in [1.807, 2.05) is 19.2 Å². The van der Waals surface area contributed by atoms with E-state index in [1.165, 1.54) is 0 Å². The van der Waals surface area contributed by atoms with E-state index < -0.39 is 0 Å². The van der Waals surface area contributed by atoms with E-state index in [2.05, 4.69) is 30.7 Å². The normalized spacial score (nSPS) is 10.6. The van der Waals surface area contributed by atoms with Gasteiger partial charge in [-0.3, -0.25) is 10.4 Å². The van der Waals surface area contributed by atoms with Crippen LogP contribution in [-0.4, -0.2) is 24.5 Å². The third kappa shape index (κ3) is 2.04. The molecule has 3 aromatic heterocycles. The molecule has 0 unspecified atom stereocenters. The average molecular weight is 256 g/mol. The molecule has 0 aliphatic heterocycles. The van der Waals surface area contributed by atoms with Crippen LogP contribution >= 0.6 is 0 Å². The molecule has 0 radical (unpaired) electrons. The lowest BCUT2D eigenvalue weighted by Gasteiger charge is -2.07. The Hall–Kier alpha value is -2.74. The van der Waals surface area contributed by atoms with E-state index in [1.54, 1.807) is 23.3 Å². The number of nitrogens with zero attached hydrogens (tertiary/aromatic N) is 5. The van der Waals surface area contributed by atoms with Gasteiger partial charge in [0.2, 0.25) is 5.95 Å². The topological polar surface area (TPSA) is 107 Å². The lowest BCUT2D eigenvalue weighted by Crippen LogP contribution is -2.12. The van der Waals surface area contributed by atoms with Gasteiger partial charge in [0.25, 0.3) is 0 Å². The number of hydrogen-bond donors (Lipinski definition) is 3. The van der Waals surface area contributed by atoms with Crippen LogP contribution in [0.2, 0.25) is 0 Å². The van der Waals surface area contributed by atoms with Crippen molar-refractivity contribution in [1.29, 1.82) is 0 Å². The standard InChI is InChI=1S/C11H12N8/c1-19-6-14-8-9(15-7-2-4-13-5-3-7)16-11(18-12)17-10(8)19/h2-6H,12H2,1H3,(H2,13,15,16,17,18). The van der Waals surface area contributed by atoms with Gasteiger partial charge in [-0.2, -0.15) is 9.97 Å².